The molecule has 1 N–H and O–H groups in total. The number of phenols is 1. The van der Waals surface area contributed by atoms with Crippen molar-refractivity contribution in [3.8, 4) is 5.75 Å². The highest BCUT2D eigenvalue weighted by atomic mass is 16.6. The Morgan fingerprint density at radius 2 is 1.67 bits per heavy atom. The van der Waals surface area contributed by atoms with Crippen molar-refractivity contribution in [2.24, 2.45) is 11.8 Å². The molecule has 0 saturated carbocycles. The van der Waals surface area contributed by atoms with E-state index < -0.39 is 5.60 Å². The molecule has 2 unspecified atom stereocenters. The van der Waals surface area contributed by atoms with Gasteiger partial charge in [-0.3, -0.25) is 4.79 Å². The summed E-state index contributed by atoms with van der Waals surface area (Å²) in [6.45, 7) is 8.11. The zero-order valence-electron chi connectivity index (χ0n) is 14.4. The molecular weight excluding hydrogens is 308 g/mol. The lowest BCUT2D eigenvalue weighted by molar-refractivity contribution is 0.0275. The molecule has 2 aliphatic heterocycles. The van der Waals surface area contributed by atoms with Gasteiger partial charge in [0.1, 0.15) is 11.4 Å². The number of hydrogen-bond acceptors (Lipinski definition) is 4. The van der Waals surface area contributed by atoms with Gasteiger partial charge in [-0.2, -0.15) is 0 Å². The second-order valence-electron chi connectivity index (χ2n) is 7.67. The SMILES string of the molecule is CC(C)(C)OC(=O)N1CC2CN(C(=O)c3cccc(O)c3)CC2C1. The summed E-state index contributed by atoms with van der Waals surface area (Å²) in [5, 5.41) is 9.53. The summed E-state index contributed by atoms with van der Waals surface area (Å²) in [6.07, 6.45) is -0.275. The van der Waals surface area contributed by atoms with Gasteiger partial charge in [-0.1, -0.05) is 6.07 Å². The summed E-state index contributed by atoms with van der Waals surface area (Å²) in [7, 11) is 0. The van der Waals surface area contributed by atoms with Crippen LogP contribution in [-0.2, 0) is 4.74 Å². The summed E-state index contributed by atoms with van der Waals surface area (Å²) in [5.74, 6) is 0.609. The van der Waals surface area contributed by atoms with Gasteiger partial charge in [-0.15, -0.1) is 0 Å². The Hall–Kier alpha value is -2.24. The minimum Gasteiger partial charge on any atom is -0.508 e. The average molecular weight is 332 g/mol. The minimum atomic E-state index is -0.494. The number of carbonyl (C=O) groups excluding carboxylic acids is 2. The Balaban J connectivity index is 1.59. The molecule has 0 bridgehead atoms. The van der Waals surface area contributed by atoms with Crippen molar-refractivity contribution in [2.75, 3.05) is 26.2 Å². The summed E-state index contributed by atoms with van der Waals surface area (Å²) in [4.78, 5) is 28.3. The predicted molar refractivity (Wildman–Crippen MR) is 88.8 cm³/mol. The van der Waals surface area contributed by atoms with E-state index in [1.807, 2.05) is 25.7 Å². The molecule has 130 valence electrons. The number of aromatic hydroxyl groups is 1. The van der Waals surface area contributed by atoms with Crippen LogP contribution in [0.25, 0.3) is 0 Å². The predicted octanol–water partition coefficient (Wildman–Crippen LogP) is 2.33. The van der Waals surface area contributed by atoms with Crippen LogP contribution in [0.5, 0.6) is 5.75 Å². The molecule has 0 aliphatic carbocycles. The molecule has 1 aromatic rings. The standard InChI is InChI=1S/C18H24N2O4/c1-18(2,3)24-17(23)20-10-13-8-19(9-14(13)11-20)16(22)12-5-4-6-15(21)7-12/h4-7,13-14,21H,8-11H2,1-3H3. The molecule has 2 saturated heterocycles. The highest BCUT2D eigenvalue weighted by Crippen LogP contribution is 2.32. The number of rotatable bonds is 1. The van der Waals surface area contributed by atoms with Gasteiger partial charge in [0.05, 0.1) is 0 Å². The van der Waals surface area contributed by atoms with Crippen molar-refractivity contribution in [1.82, 2.24) is 9.80 Å². The first-order valence-electron chi connectivity index (χ1n) is 8.29. The lowest BCUT2D eigenvalue weighted by atomic mass is 10.0. The third-order valence-corrected chi connectivity index (χ3v) is 4.52. The van der Waals surface area contributed by atoms with Crippen LogP contribution in [0.15, 0.2) is 24.3 Å². The number of nitrogens with zero attached hydrogens (tertiary/aromatic N) is 2. The van der Waals surface area contributed by atoms with Crippen LogP contribution in [0, 0.1) is 11.8 Å². The topological polar surface area (TPSA) is 70.1 Å². The maximum absolute atomic E-state index is 12.5. The average Bonchev–Trinajstić information content (AvgIpc) is 3.03. The van der Waals surface area contributed by atoms with Gasteiger partial charge in [0.25, 0.3) is 5.91 Å². The normalized spacial score (nSPS) is 23.3. The first-order valence-corrected chi connectivity index (χ1v) is 8.29. The molecule has 2 aliphatic rings. The lowest BCUT2D eigenvalue weighted by Crippen LogP contribution is -2.38. The number of amides is 2. The quantitative estimate of drug-likeness (QED) is 0.857. The molecule has 2 amide bonds. The van der Waals surface area contributed by atoms with Gasteiger partial charge in [-0.25, -0.2) is 4.79 Å². The molecule has 6 nitrogen and oxygen atoms in total. The van der Waals surface area contributed by atoms with E-state index in [1.54, 1.807) is 23.1 Å². The first kappa shape index (κ1) is 16.6. The maximum Gasteiger partial charge on any atom is 0.410 e. The van der Waals surface area contributed by atoms with Gasteiger partial charge in [0, 0.05) is 43.6 Å². The molecule has 3 rings (SSSR count). The minimum absolute atomic E-state index is 0.0656. The Morgan fingerprint density at radius 3 is 2.21 bits per heavy atom. The summed E-state index contributed by atoms with van der Waals surface area (Å²) < 4.78 is 5.42. The molecule has 6 heteroatoms. The van der Waals surface area contributed by atoms with Crippen molar-refractivity contribution in [3.05, 3.63) is 29.8 Å². The van der Waals surface area contributed by atoms with Crippen molar-refractivity contribution in [3.63, 3.8) is 0 Å². The van der Waals surface area contributed by atoms with E-state index in [1.165, 1.54) is 6.07 Å². The Kier molecular flexibility index (Phi) is 4.15. The van der Waals surface area contributed by atoms with Gasteiger partial charge < -0.3 is 19.6 Å². The Bertz CT molecular complexity index is 639. The molecule has 2 atom stereocenters. The number of carbonyl (C=O) groups is 2. The van der Waals surface area contributed by atoms with Crippen molar-refractivity contribution in [2.45, 2.75) is 26.4 Å². The van der Waals surface area contributed by atoms with Crippen LogP contribution in [0.2, 0.25) is 0 Å². The molecule has 0 aromatic heterocycles. The third kappa shape index (κ3) is 3.47. The fourth-order valence-electron chi connectivity index (χ4n) is 3.46. The highest BCUT2D eigenvalue weighted by Gasteiger charge is 2.44. The second kappa shape index (κ2) is 6.00. The number of ether oxygens (including phenoxy) is 1. The van der Waals surface area contributed by atoms with Crippen molar-refractivity contribution >= 4 is 12.0 Å². The number of benzene rings is 1. The molecule has 2 heterocycles. The van der Waals surface area contributed by atoms with E-state index in [9.17, 15) is 14.7 Å². The van der Waals surface area contributed by atoms with E-state index >= 15 is 0 Å². The fourth-order valence-corrected chi connectivity index (χ4v) is 3.46. The van der Waals surface area contributed by atoms with Crippen LogP contribution >= 0.6 is 0 Å². The molecule has 0 spiro atoms. The molecule has 24 heavy (non-hydrogen) atoms. The number of fused-ring (bicyclic) bond motifs is 1. The lowest BCUT2D eigenvalue weighted by Gasteiger charge is -2.26. The van der Waals surface area contributed by atoms with E-state index in [0.717, 1.165) is 0 Å². The van der Waals surface area contributed by atoms with Crippen LogP contribution in [0.3, 0.4) is 0 Å². The zero-order chi connectivity index (χ0) is 17.5. The smallest absolute Gasteiger partial charge is 0.410 e. The van der Waals surface area contributed by atoms with Crippen LogP contribution in [0.1, 0.15) is 31.1 Å². The van der Waals surface area contributed by atoms with E-state index in [-0.39, 0.29) is 17.7 Å². The van der Waals surface area contributed by atoms with Crippen LogP contribution in [-0.4, -0.2) is 58.7 Å². The molecule has 0 radical (unpaired) electrons. The maximum atomic E-state index is 12.5. The Labute approximate surface area is 142 Å². The van der Waals surface area contributed by atoms with Crippen LogP contribution in [0.4, 0.5) is 4.79 Å². The van der Waals surface area contributed by atoms with Gasteiger partial charge in [-0.05, 0) is 39.0 Å². The Morgan fingerprint density at radius 1 is 1.08 bits per heavy atom. The van der Waals surface area contributed by atoms with Crippen molar-refractivity contribution in [1.29, 1.82) is 0 Å². The monoisotopic (exact) mass is 332 g/mol. The second-order valence-corrected chi connectivity index (χ2v) is 7.67. The largest absolute Gasteiger partial charge is 0.508 e. The summed E-state index contributed by atoms with van der Waals surface area (Å²) in [6, 6.07) is 6.42. The van der Waals surface area contributed by atoms with Crippen LogP contribution < -0.4 is 0 Å². The number of hydrogen-bond donors (Lipinski definition) is 1. The van der Waals surface area contributed by atoms with E-state index in [2.05, 4.69) is 0 Å². The van der Waals surface area contributed by atoms with Crippen molar-refractivity contribution < 1.29 is 19.4 Å². The highest BCUT2D eigenvalue weighted by molar-refractivity contribution is 5.94. The van der Waals surface area contributed by atoms with Gasteiger partial charge in [0.15, 0.2) is 0 Å². The fraction of sp³-hybridized carbons (Fsp3) is 0.556. The third-order valence-electron chi connectivity index (χ3n) is 4.52. The molecule has 2 fully saturated rings. The summed E-state index contributed by atoms with van der Waals surface area (Å²) >= 11 is 0. The number of likely N-dealkylation sites (tertiary alicyclic amines) is 2. The number of phenolic OH excluding ortho intramolecular Hbond substituents is 1. The van der Waals surface area contributed by atoms with Gasteiger partial charge in [0.2, 0.25) is 0 Å². The summed E-state index contributed by atoms with van der Waals surface area (Å²) in [5.41, 5.74) is 0.00510. The van der Waals surface area contributed by atoms with E-state index in [4.69, 9.17) is 4.74 Å². The molecular formula is C18H24N2O4. The van der Waals surface area contributed by atoms with Gasteiger partial charge >= 0.3 is 6.09 Å². The zero-order valence-corrected chi connectivity index (χ0v) is 14.4. The van der Waals surface area contributed by atoms with E-state index in [0.29, 0.717) is 43.6 Å². The molecule has 1 aromatic carbocycles. The first-order chi connectivity index (χ1) is 11.2.